The average molecular weight is 366 g/mol. The van der Waals surface area contributed by atoms with Crippen LogP contribution in [0, 0.1) is 0 Å². The van der Waals surface area contributed by atoms with Gasteiger partial charge in [-0.1, -0.05) is 60.7 Å². The van der Waals surface area contributed by atoms with Crippen LogP contribution in [0.15, 0.2) is 60.7 Å². The molecule has 1 unspecified atom stereocenters. The van der Waals surface area contributed by atoms with Gasteiger partial charge in [-0.05, 0) is 30.9 Å². The van der Waals surface area contributed by atoms with Crippen molar-refractivity contribution < 1.29 is 14.7 Å². The van der Waals surface area contributed by atoms with Gasteiger partial charge >= 0.3 is 5.97 Å². The minimum Gasteiger partial charge on any atom is -0.480 e. The van der Waals surface area contributed by atoms with Crippen molar-refractivity contribution in [3.63, 3.8) is 0 Å². The summed E-state index contributed by atoms with van der Waals surface area (Å²) in [4.78, 5) is 25.9. The summed E-state index contributed by atoms with van der Waals surface area (Å²) < 4.78 is 0. The fraction of sp³-hybridized carbons (Fsp3) is 0.364. The lowest BCUT2D eigenvalue weighted by molar-refractivity contribution is -0.143. The smallest absolute Gasteiger partial charge is 0.320 e. The molecule has 1 aliphatic carbocycles. The first-order chi connectivity index (χ1) is 13.1. The van der Waals surface area contributed by atoms with Gasteiger partial charge in [-0.25, -0.2) is 0 Å². The molecule has 1 fully saturated rings. The molecule has 0 aromatic heterocycles. The predicted molar refractivity (Wildman–Crippen MR) is 104 cm³/mol. The molecule has 0 aliphatic heterocycles. The van der Waals surface area contributed by atoms with Crippen LogP contribution in [-0.2, 0) is 9.59 Å². The summed E-state index contributed by atoms with van der Waals surface area (Å²) in [6.07, 6.45) is 2.30. The van der Waals surface area contributed by atoms with Crippen molar-refractivity contribution in [2.75, 3.05) is 6.54 Å². The molecule has 1 amide bonds. The van der Waals surface area contributed by atoms with Crippen molar-refractivity contribution in [3.8, 4) is 0 Å². The Balaban J connectivity index is 1.67. The molecule has 3 rings (SSSR count). The summed E-state index contributed by atoms with van der Waals surface area (Å²) in [5.41, 5.74) is 2.05. The molecule has 5 nitrogen and oxygen atoms in total. The van der Waals surface area contributed by atoms with Crippen LogP contribution < -0.4 is 5.32 Å². The first-order valence-corrected chi connectivity index (χ1v) is 9.44. The molecule has 0 heterocycles. The first-order valence-electron chi connectivity index (χ1n) is 9.44. The average Bonchev–Trinajstić information content (AvgIpc) is 3.52. The zero-order valence-corrected chi connectivity index (χ0v) is 15.5. The minimum absolute atomic E-state index is 0.0732. The minimum atomic E-state index is -0.839. The van der Waals surface area contributed by atoms with E-state index >= 15 is 0 Å². The number of nitrogens with one attached hydrogen (secondary N) is 1. The van der Waals surface area contributed by atoms with Gasteiger partial charge in [0.2, 0.25) is 5.91 Å². The van der Waals surface area contributed by atoms with Gasteiger partial charge in [-0.15, -0.1) is 0 Å². The van der Waals surface area contributed by atoms with E-state index in [-0.39, 0.29) is 18.4 Å². The fourth-order valence-corrected chi connectivity index (χ4v) is 3.35. The van der Waals surface area contributed by atoms with Crippen LogP contribution in [0.2, 0.25) is 0 Å². The number of hydrogen-bond acceptors (Lipinski definition) is 3. The SMILES string of the molecule is CC(C(=O)O)N(CCC(=O)NC(c1ccccc1)c1ccccc1)C1CC1. The number of nitrogens with zero attached hydrogens (tertiary/aromatic N) is 1. The number of amides is 1. The van der Waals surface area contributed by atoms with E-state index in [0.29, 0.717) is 12.6 Å². The molecule has 0 bridgehead atoms. The Morgan fingerprint density at radius 2 is 1.56 bits per heavy atom. The summed E-state index contributed by atoms with van der Waals surface area (Å²) >= 11 is 0. The van der Waals surface area contributed by atoms with Crippen LogP contribution >= 0.6 is 0 Å². The summed E-state index contributed by atoms with van der Waals surface area (Å²) in [7, 11) is 0. The van der Waals surface area contributed by atoms with Gasteiger partial charge in [-0.2, -0.15) is 0 Å². The van der Waals surface area contributed by atoms with Crippen molar-refractivity contribution in [1.29, 1.82) is 0 Å². The molecule has 142 valence electrons. The summed E-state index contributed by atoms with van der Waals surface area (Å²) in [5.74, 6) is -0.912. The van der Waals surface area contributed by atoms with E-state index in [4.69, 9.17) is 0 Å². The highest BCUT2D eigenvalue weighted by Crippen LogP contribution is 2.29. The monoisotopic (exact) mass is 366 g/mol. The van der Waals surface area contributed by atoms with Gasteiger partial charge in [0.1, 0.15) is 6.04 Å². The van der Waals surface area contributed by atoms with E-state index < -0.39 is 12.0 Å². The Morgan fingerprint density at radius 1 is 1.04 bits per heavy atom. The largest absolute Gasteiger partial charge is 0.480 e. The molecule has 0 spiro atoms. The zero-order chi connectivity index (χ0) is 19.2. The van der Waals surface area contributed by atoms with E-state index in [9.17, 15) is 14.7 Å². The van der Waals surface area contributed by atoms with E-state index in [1.54, 1.807) is 6.92 Å². The summed E-state index contributed by atoms with van der Waals surface area (Å²) in [6.45, 7) is 2.15. The van der Waals surface area contributed by atoms with Crippen LogP contribution in [0.1, 0.15) is 43.4 Å². The Labute approximate surface area is 160 Å². The van der Waals surface area contributed by atoms with Crippen LogP contribution in [0.5, 0.6) is 0 Å². The molecular formula is C22H26N2O3. The zero-order valence-electron chi connectivity index (χ0n) is 15.5. The van der Waals surface area contributed by atoms with Crippen molar-refractivity contribution in [2.45, 2.75) is 44.3 Å². The quantitative estimate of drug-likeness (QED) is 0.715. The van der Waals surface area contributed by atoms with Crippen molar-refractivity contribution in [3.05, 3.63) is 71.8 Å². The molecule has 0 saturated heterocycles. The maximum absolute atomic E-state index is 12.7. The molecule has 1 aliphatic rings. The lowest BCUT2D eigenvalue weighted by atomic mass is 9.98. The van der Waals surface area contributed by atoms with Gasteiger partial charge < -0.3 is 10.4 Å². The molecular weight excluding hydrogens is 340 g/mol. The second-order valence-electron chi connectivity index (χ2n) is 7.06. The number of aliphatic carboxylic acids is 1. The number of benzene rings is 2. The third-order valence-electron chi connectivity index (χ3n) is 5.04. The highest BCUT2D eigenvalue weighted by Gasteiger charge is 2.35. The summed E-state index contributed by atoms with van der Waals surface area (Å²) in [5, 5.41) is 12.4. The predicted octanol–water partition coefficient (Wildman–Crippen LogP) is 3.22. The number of carbonyl (C=O) groups is 2. The first kappa shape index (κ1) is 19.1. The highest BCUT2D eigenvalue weighted by atomic mass is 16.4. The molecule has 1 saturated carbocycles. The van der Waals surface area contributed by atoms with Crippen LogP contribution in [-0.4, -0.2) is 40.5 Å². The molecule has 0 radical (unpaired) electrons. The van der Waals surface area contributed by atoms with Gasteiger partial charge in [0.15, 0.2) is 0 Å². The van der Waals surface area contributed by atoms with Crippen LogP contribution in [0.25, 0.3) is 0 Å². The topological polar surface area (TPSA) is 69.6 Å². The Bertz CT molecular complexity index is 720. The number of rotatable bonds is 9. The van der Waals surface area contributed by atoms with Crippen LogP contribution in [0.4, 0.5) is 0 Å². The summed E-state index contributed by atoms with van der Waals surface area (Å²) in [6, 6.07) is 19.3. The highest BCUT2D eigenvalue weighted by molar-refractivity contribution is 5.77. The van der Waals surface area contributed by atoms with Crippen molar-refractivity contribution >= 4 is 11.9 Å². The van der Waals surface area contributed by atoms with Gasteiger partial charge in [0, 0.05) is 19.0 Å². The maximum Gasteiger partial charge on any atom is 0.320 e. The molecule has 5 heteroatoms. The van der Waals surface area contributed by atoms with Crippen LogP contribution in [0.3, 0.4) is 0 Å². The lowest BCUT2D eigenvalue weighted by Gasteiger charge is -2.26. The second kappa shape index (κ2) is 8.82. The van der Waals surface area contributed by atoms with E-state index in [1.807, 2.05) is 65.6 Å². The molecule has 27 heavy (non-hydrogen) atoms. The number of hydrogen-bond donors (Lipinski definition) is 2. The van der Waals surface area contributed by atoms with Gasteiger partial charge in [0.25, 0.3) is 0 Å². The third kappa shape index (κ3) is 5.17. The number of carboxylic acid groups (broad SMARTS) is 1. The standard InChI is InChI=1S/C22H26N2O3/c1-16(22(26)27)24(19-12-13-19)15-14-20(25)23-21(17-8-4-2-5-9-17)18-10-6-3-7-11-18/h2-11,16,19,21H,12-15H2,1H3,(H,23,25)(H,26,27). The molecule has 2 aromatic rings. The Kier molecular flexibility index (Phi) is 6.24. The molecule has 2 N–H and O–H groups in total. The number of carbonyl (C=O) groups excluding carboxylic acids is 1. The normalized spacial score (nSPS) is 14.9. The van der Waals surface area contributed by atoms with E-state index in [0.717, 1.165) is 24.0 Å². The van der Waals surface area contributed by atoms with E-state index in [1.165, 1.54) is 0 Å². The number of carboxylic acids is 1. The Hall–Kier alpha value is -2.66. The molecule has 1 atom stereocenters. The van der Waals surface area contributed by atoms with E-state index in [2.05, 4.69) is 5.32 Å². The fourth-order valence-electron chi connectivity index (χ4n) is 3.35. The van der Waals surface area contributed by atoms with Gasteiger partial charge in [-0.3, -0.25) is 14.5 Å². The molecule has 2 aromatic carbocycles. The third-order valence-corrected chi connectivity index (χ3v) is 5.04. The van der Waals surface area contributed by atoms with Crippen molar-refractivity contribution in [2.24, 2.45) is 0 Å². The lowest BCUT2D eigenvalue weighted by Crippen LogP contribution is -2.42. The van der Waals surface area contributed by atoms with Gasteiger partial charge in [0.05, 0.1) is 6.04 Å². The van der Waals surface area contributed by atoms with Crippen molar-refractivity contribution in [1.82, 2.24) is 10.2 Å². The second-order valence-corrected chi connectivity index (χ2v) is 7.06. The Morgan fingerprint density at radius 3 is 2.00 bits per heavy atom. The maximum atomic E-state index is 12.7.